The average molecular weight is 314 g/mol. The molecule has 0 bridgehead atoms. The molecule has 0 heterocycles. The van der Waals surface area contributed by atoms with Gasteiger partial charge in [-0.2, -0.15) is 0 Å². The van der Waals surface area contributed by atoms with Gasteiger partial charge in [0.05, 0.1) is 13.5 Å². The van der Waals surface area contributed by atoms with Crippen molar-refractivity contribution in [1.29, 1.82) is 0 Å². The summed E-state index contributed by atoms with van der Waals surface area (Å²) in [6, 6.07) is 13.6. The molecule has 6 nitrogen and oxygen atoms in total. The summed E-state index contributed by atoms with van der Waals surface area (Å²) in [5.74, 6) is 0.0715. The van der Waals surface area contributed by atoms with Gasteiger partial charge in [-0.05, 0) is 35.4 Å². The van der Waals surface area contributed by atoms with Gasteiger partial charge in [0.25, 0.3) is 0 Å². The van der Waals surface area contributed by atoms with Crippen LogP contribution in [0.2, 0.25) is 0 Å². The number of hydrogen-bond acceptors (Lipinski definition) is 4. The van der Waals surface area contributed by atoms with Gasteiger partial charge < -0.3 is 15.2 Å². The first kappa shape index (κ1) is 16.4. The van der Waals surface area contributed by atoms with Crippen molar-refractivity contribution in [3.8, 4) is 5.75 Å². The highest BCUT2D eigenvalue weighted by Crippen LogP contribution is 2.11. The van der Waals surface area contributed by atoms with E-state index >= 15 is 0 Å². The Morgan fingerprint density at radius 2 is 1.61 bits per heavy atom. The standard InChI is InChI=1S/C17H18N2O4/c1-23-17(22)19-14-6-2-13(3-7-14)11-18-16(21)10-12-4-8-15(20)9-5-12/h2-9,20H,10-11H2,1H3,(H,18,21)(H,19,22). The van der Waals surface area contributed by atoms with Crippen molar-refractivity contribution >= 4 is 17.7 Å². The van der Waals surface area contributed by atoms with Crippen LogP contribution in [-0.2, 0) is 22.5 Å². The van der Waals surface area contributed by atoms with Crippen molar-refractivity contribution in [3.63, 3.8) is 0 Å². The van der Waals surface area contributed by atoms with Gasteiger partial charge in [-0.1, -0.05) is 24.3 Å². The van der Waals surface area contributed by atoms with Crippen molar-refractivity contribution in [1.82, 2.24) is 5.32 Å². The second kappa shape index (κ2) is 7.84. The first-order valence-corrected chi connectivity index (χ1v) is 7.05. The topological polar surface area (TPSA) is 87.7 Å². The zero-order valence-corrected chi connectivity index (χ0v) is 12.7. The third-order valence-corrected chi connectivity index (χ3v) is 3.18. The molecule has 2 aromatic carbocycles. The molecule has 2 aromatic rings. The quantitative estimate of drug-likeness (QED) is 0.791. The molecule has 0 saturated carbocycles. The molecule has 0 aliphatic rings. The lowest BCUT2D eigenvalue weighted by molar-refractivity contribution is -0.120. The lowest BCUT2D eigenvalue weighted by Crippen LogP contribution is -2.24. The van der Waals surface area contributed by atoms with E-state index in [0.29, 0.717) is 12.2 Å². The number of anilines is 1. The van der Waals surface area contributed by atoms with Crippen LogP contribution in [0.1, 0.15) is 11.1 Å². The highest BCUT2D eigenvalue weighted by Gasteiger charge is 2.04. The van der Waals surface area contributed by atoms with E-state index in [4.69, 9.17) is 0 Å². The number of amides is 2. The summed E-state index contributed by atoms with van der Waals surface area (Å²) in [7, 11) is 1.30. The maximum Gasteiger partial charge on any atom is 0.411 e. The van der Waals surface area contributed by atoms with E-state index in [1.807, 2.05) is 12.1 Å². The molecule has 2 rings (SSSR count). The molecule has 0 unspecified atom stereocenters. The normalized spacial score (nSPS) is 9.96. The number of carbonyl (C=O) groups is 2. The number of methoxy groups -OCH3 is 1. The minimum Gasteiger partial charge on any atom is -0.508 e. The molecule has 0 radical (unpaired) electrons. The number of carbonyl (C=O) groups excluding carboxylic acids is 2. The Labute approximate surface area is 134 Å². The summed E-state index contributed by atoms with van der Waals surface area (Å²) in [4.78, 5) is 22.9. The van der Waals surface area contributed by atoms with Gasteiger partial charge in [0.1, 0.15) is 5.75 Å². The third-order valence-electron chi connectivity index (χ3n) is 3.18. The molecular weight excluding hydrogens is 296 g/mol. The molecular formula is C17H18N2O4. The molecule has 0 saturated heterocycles. The highest BCUT2D eigenvalue weighted by atomic mass is 16.5. The van der Waals surface area contributed by atoms with Crippen molar-refractivity contribution in [2.45, 2.75) is 13.0 Å². The van der Waals surface area contributed by atoms with Crippen molar-refractivity contribution in [2.75, 3.05) is 12.4 Å². The lowest BCUT2D eigenvalue weighted by Gasteiger charge is -2.07. The van der Waals surface area contributed by atoms with E-state index in [0.717, 1.165) is 11.1 Å². The number of ether oxygens (including phenoxy) is 1. The molecule has 3 N–H and O–H groups in total. The van der Waals surface area contributed by atoms with Gasteiger partial charge in [0, 0.05) is 12.2 Å². The van der Waals surface area contributed by atoms with Crippen molar-refractivity contribution < 1.29 is 19.4 Å². The van der Waals surface area contributed by atoms with Crippen LogP contribution in [0.4, 0.5) is 10.5 Å². The molecule has 6 heteroatoms. The zero-order valence-electron chi connectivity index (χ0n) is 12.7. The van der Waals surface area contributed by atoms with Crippen LogP contribution in [-0.4, -0.2) is 24.2 Å². The fraction of sp³-hybridized carbons (Fsp3) is 0.176. The summed E-state index contributed by atoms with van der Waals surface area (Å²) in [6.07, 6.45) is -0.276. The van der Waals surface area contributed by atoms with E-state index < -0.39 is 6.09 Å². The van der Waals surface area contributed by atoms with Crippen LogP contribution in [0.25, 0.3) is 0 Å². The van der Waals surface area contributed by atoms with E-state index in [1.165, 1.54) is 7.11 Å². The second-order valence-corrected chi connectivity index (χ2v) is 4.93. The molecule has 2 amide bonds. The van der Waals surface area contributed by atoms with E-state index in [2.05, 4.69) is 15.4 Å². The zero-order chi connectivity index (χ0) is 16.7. The fourth-order valence-electron chi connectivity index (χ4n) is 1.94. The van der Waals surface area contributed by atoms with Crippen LogP contribution in [0.15, 0.2) is 48.5 Å². The number of benzene rings is 2. The molecule has 120 valence electrons. The van der Waals surface area contributed by atoms with Gasteiger partial charge in [0.2, 0.25) is 5.91 Å². The Morgan fingerprint density at radius 1 is 1.00 bits per heavy atom. The number of phenolic OH excluding ortho intramolecular Hbond substituents is 1. The van der Waals surface area contributed by atoms with Crippen molar-refractivity contribution in [3.05, 3.63) is 59.7 Å². The average Bonchev–Trinajstić information content (AvgIpc) is 2.56. The summed E-state index contributed by atoms with van der Waals surface area (Å²) in [5, 5.41) is 14.6. The molecule has 0 spiro atoms. The number of aromatic hydroxyl groups is 1. The van der Waals surface area contributed by atoms with Crippen LogP contribution < -0.4 is 10.6 Å². The first-order chi connectivity index (χ1) is 11.1. The number of phenols is 1. The Kier molecular flexibility index (Phi) is 5.57. The van der Waals surface area contributed by atoms with Gasteiger partial charge in [0.15, 0.2) is 0 Å². The van der Waals surface area contributed by atoms with Crippen molar-refractivity contribution in [2.24, 2.45) is 0 Å². The summed E-state index contributed by atoms with van der Waals surface area (Å²) >= 11 is 0. The molecule has 0 atom stereocenters. The fourth-order valence-corrected chi connectivity index (χ4v) is 1.94. The van der Waals surface area contributed by atoms with Gasteiger partial charge in [-0.3, -0.25) is 10.1 Å². The number of hydrogen-bond donors (Lipinski definition) is 3. The lowest BCUT2D eigenvalue weighted by atomic mass is 10.1. The monoisotopic (exact) mass is 314 g/mol. The van der Waals surface area contributed by atoms with Crippen LogP contribution in [0.5, 0.6) is 5.75 Å². The van der Waals surface area contributed by atoms with Crippen LogP contribution in [0.3, 0.4) is 0 Å². The Bertz CT molecular complexity index is 666. The molecule has 0 aliphatic heterocycles. The summed E-state index contributed by atoms with van der Waals surface area (Å²) in [6.45, 7) is 0.398. The van der Waals surface area contributed by atoms with Crippen LogP contribution in [0, 0.1) is 0 Å². The van der Waals surface area contributed by atoms with E-state index in [9.17, 15) is 14.7 Å². The Balaban J connectivity index is 1.82. The highest BCUT2D eigenvalue weighted by molar-refractivity contribution is 5.84. The van der Waals surface area contributed by atoms with Gasteiger partial charge >= 0.3 is 6.09 Å². The molecule has 0 aromatic heterocycles. The van der Waals surface area contributed by atoms with Gasteiger partial charge in [-0.15, -0.1) is 0 Å². The predicted molar refractivity (Wildman–Crippen MR) is 86.1 cm³/mol. The molecule has 0 aliphatic carbocycles. The number of rotatable bonds is 5. The molecule has 0 fully saturated rings. The van der Waals surface area contributed by atoms with Gasteiger partial charge in [-0.25, -0.2) is 4.79 Å². The molecule has 23 heavy (non-hydrogen) atoms. The second-order valence-electron chi connectivity index (χ2n) is 4.93. The maximum atomic E-state index is 11.9. The van der Waals surface area contributed by atoms with Crippen LogP contribution >= 0.6 is 0 Å². The maximum absolute atomic E-state index is 11.9. The predicted octanol–water partition coefficient (Wildman–Crippen LogP) is 2.43. The Hall–Kier alpha value is -3.02. The third kappa shape index (κ3) is 5.35. The summed E-state index contributed by atoms with van der Waals surface area (Å²) in [5.41, 5.74) is 2.37. The SMILES string of the molecule is COC(=O)Nc1ccc(CNC(=O)Cc2ccc(O)cc2)cc1. The minimum atomic E-state index is -0.528. The minimum absolute atomic E-state index is 0.104. The Morgan fingerprint density at radius 3 is 2.22 bits per heavy atom. The largest absolute Gasteiger partial charge is 0.508 e. The summed E-state index contributed by atoms with van der Waals surface area (Å²) < 4.78 is 4.50. The first-order valence-electron chi connectivity index (χ1n) is 7.05. The van der Waals surface area contributed by atoms with E-state index in [-0.39, 0.29) is 18.1 Å². The number of nitrogens with one attached hydrogen (secondary N) is 2. The smallest absolute Gasteiger partial charge is 0.411 e. The van der Waals surface area contributed by atoms with E-state index in [1.54, 1.807) is 36.4 Å².